The van der Waals surface area contributed by atoms with E-state index < -0.39 is 24.1 Å². The van der Waals surface area contributed by atoms with E-state index in [1.807, 2.05) is 24.3 Å². The van der Waals surface area contributed by atoms with Gasteiger partial charge < -0.3 is 18.9 Å². The molecule has 2 saturated carbocycles. The van der Waals surface area contributed by atoms with E-state index in [1.54, 1.807) is 0 Å². The van der Waals surface area contributed by atoms with Gasteiger partial charge in [0.05, 0.1) is 11.1 Å². The van der Waals surface area contributed by atoms with E-state index in [9.17, 15) is 9.59 Å². The van der Waals surface area contributed by atoms with Crippen LogP contribution in [0.3, 0.4) is 0 Å². The number of unbranched alkanes of at least 4 members (excludes halogenated alkanes) is 4. The zero-order chi connectivity index (χ0) is 34.1. The van der Waals surface area contributed by atoms with Gasteiger partial charge in [-0.05, 0) is 110 Å². The molecule has 48 heavy (non-hydrogen) atoms. The van der Waals surface area contributed by atoms with Crippen LogP contribution < -0.4 is 0 Å². The number of ether oxygens (including phenoxy) is 4. The SMILES string of the molecule is CCCCCC1CCC(c2ccc(C(=O)OCC(OC)[C@@H](COC(=O)c3ccc(C4CCC(CCCCC)CC4)cc3)OC)cc2)CC1. The van der Waals surface area contributed by atoms with Crippen molar-refractivity contribution in [3.05, 3.63) is 70.8 Å². The van der Waals surface area contributed by atoms with Crippen molar-refractivity contribution >= 4 is 11.9 Å². The lowest BCUT2D eigenvalue weighted by Gasteiger charge is -2.29. The second-order valence-electron chi connectivity index (χ2n) is 14.4. The molecule has 2 fully saturated rings. The molecule has 0 heterocycles. The van der Waals surface area contributed by atoms with E-state index in [0.29, 0.717) is 23.0 Å². The number of hydrogen-bond donors (Lipinski definition) is 0. The van der Waals surface area contributed by atoms with Crippen molar-refractivity contribution in [3.63, 3.8) is 0 Å². The minimum Gasteiger partial charge on any atom is -0.459 e. The predicted molar refractivity (Wildman–Crippen MR) is 193 cm³/mol. The molecule has 0 bridgehead atoms. The maximum Gasteiger partial charge on any atom is 0.338 e. The van der Waals surface area contributed by atoms with Crippen molar-refractivity contribution in [2.45, 2.75) is 141 Å². The average Bonchev–Trinajstić information content (AvgIpc) is 3.13. The zero-order valence-electron chi connectivity index (χ0n) is 30.3. The van der Waals surface area contributed by atoms with E-state index in [4.69, 9.17) is 18.9 Å². The number of benzene rings is 2. The zero-order valence-corrected chi connectivity index (χ0v) is 30.3. The summed E-state index contributed by atoms with van der Waals surface area (Å²) in [6, 6.07) is 15.8. The van der Waals surface area contributed by atoms with Crippen molar-refractivity contribution in [2.75, 3.05) is 27.4 Å². The van der Waals surface area contributed by atoms with Gasteiger partial charge >= 0.3 is 11.9 Å². The highest BCUT2D eigenvalue weighted by Gasteiger charge is 2.27. The van der Waals surface area contributed by atoms with Crippen LogP contribution in [-0.4, -0.2) is 51.6 Å². The lowest BCUT2D eigenvalue weighted by atomic mass is 9.77. The molecule has 2 atom stereocenters. The topological polar surface area (TPSA) is 71.1 Å². The van der Waals surface area contributed by atoms with Gasteiger partial charge in [-0.25, -0.2) is 9.59 Å². The van der Waals surface area contributed by atoms with E-state index in [2.05, 4.69) is 38.1 Å². The number of hydrogen-bond acceptors (Lipinski definition) is 6. The second kappa shape index (κ2) is 20.7. The van der Waals surface area contributed by atoms with Gasteiger partial charge in [0.25, 0.3) is 0 Å². The molecule has 4 rings (SSSR count). The first-order chi connectivity index (χ1) is 23.4. The molecular weight excluding hydrogens is 600 g/mol. The predicted octanol–water partition coefficient (Wildman–Crippen LogP) is 10.4. The summed E-state index contributed by atoms with van der Waals surface area (Å²) in [6.07, 6.45) is 19.7. The van der Waals surface area contributed by atoms with Gasteiger partial charge in [-0.1, -0.05) is 89.5 Å². The van der Waals surface area contributed by atoms with Crippen molar-refractivity contribution in [1.29, 1.82) is 0 Å². The van der Waals surface area contributed by atoms with Crippen LogP contribution in [0.4, 0.5) is 0 Å². The minimum absolute atomic E-state index is 0.00919. The Balaban J connectivity index is 1.18. The van der Waals surface area contributed by atoms with E-state index in [0.717, 1.165) is 11.8 Å². The molecule has 0 aliphatic heterocycles. The van der Waals surface area contributed by atoms with E-state index >= 15 is 0 Å². The molecule has 0 aromatic heterocycles. The summed E-state index contributed by atoms with van der Waals surface area (Å²) in [4.78, 5) is 25.8. The molecule has 2 aromatic carbocycles. The average molecular weight is 663 g/mol. The Morgan fingerprint density at radius 2 is 0.917 bits per heavy atom. The van der Waals surface area contributed by atoms with Gasteiger partial charge in [0.15, 0.2) is 0 Å². The van der Waals surface area contributed by atoms with Crippen LogP contribution in [-0.2, 0) is 18.9 Å². The Morgan fingerprint density at radius 1 is 0.562 bits per heavy atom. The van der Waals surface area contributed by atoms with Gasteiger partial charge in [-0.2, -0.15) is 0 Å². The van der Waals surface area contributed by atoms with E-state index in [-0.39, 0.29) is 13.2 Å². The molecule has 6 heteroatoms. The third-order valence-corrected chi connectivity index (χ3v) is 11.1. The molecule has 2 aliphatic carbocycles. The number of methoxy groups -OCH3 is 2. The number of rotatable bonds is 19. The Bertz CT molecular complexity index is 1100. The Morgan fingerprint density at radius 3 is 1.23 bits per heavy atom. The van der Waals surface area contributed by atoms with Crippen LogP contribution >= 0.6 is 0 Å². The van der Waals surface area contributed by atoms with Crippen molar-refractivity contribution in [3.8, 4) is 0 Å². The van der Waals surface area contributed by atoms with Crippen molar-refractivity contribution in [1.82, 2.24) is 0 Å². The summed E-state index contributed by atoms with van der Waals surface area (Å²) in [6.45, 7) is 4.51. The third kappa shape index (κ3) is 11.7. The lowest BCUT2D eigenvalue weighted by molar-refractivity contribution is -0.0862. The van der Waals surface area contributed by atoms with Crippen LogP contribution in [0.5, 0.6) is 0 Å². The van der Waals surface area contributed by atoms with Crippen molar-refractivity contribution in [2.24, 2.45) is 11.8 Å². The first kappa shape index (κ1) is 38.1. The summed E-state index contributed by atoms with van der Waals surface area (Å²) in [5.74, 6) is 2.09. The van der Waals surface area contributed by atoms with Gasteiger partial charge in [-0.3, -0.25) is 0 Å². The largest absolute Gasteiger partial charge is 0.459 e. The number of carbonyl (C=O) groups is 2. The summed E-state index contributed by atoms with van der Waals surface area (Å²) in [5, 5.41) is 0. The molecule has 2 aliphatic rings. The first-order valence-electron chi connectivity index (χ1n) is 19.0. The number of esters is 2. The second-order valence-corrected chi connectivity index (χ2v) is 14.4. The summed E-state index contributed by atoms with van der Waals surface area (Å²) < 4.78 is 22.4. The Labute approximate surface area is 290 Å². The summed E-state index contributed by atoms with van der Waals surface area (Å²) in [5.41, 5.74) is 3.66. The quantitative estimate of drug-likeness (QED) is 0.110. The van der Waals surface area contributed by atoms with Crippen LogP contribution in [0.1, 0.15) is 160 Å². The Kier molecular flexibility index (Phi) is 16.5. The standard InChI is InChI=1S/C42H62O6/c1-5-7-9-11-31-13-17-33(18-14-31)35-21-25-37(26-22-35)41(43)47-29-39(45-3)40(46-4)30-48-42(44)38-27-23-36(24-28-38)34-19-15-32(16-20-34)12-10-8-6-2/h21-28,31-34,39-40H,5-20,29-30H2,1-4H3/t31?,32?,33?,34?,39-,40?/m1/s1. The Hall–Kier alpha value is -2.70. The molecule has 0 spiro atoms. The van der Waals surface area contributed by atoms with Gasteiger partial charge in [-0.15, -0.1) is 0 Å². The fourth-order valence-corrected chi connectivity index (χ4v) is 7.85. The highest BCUT2D eigenvalue weighted by Crippen LogP contribution is 2.39. The fourth-order valence-electron chi connectivity index (χ4n) is 7.85. The molecule has 0 N–H and O–H groups in total. The van der Waals surface area contributed by atoms with Gasteiger partial charge in [0.1, 0.15) is 25.4 Å². The maximum atomic E-state index is 12.9. The first-order valence-corrected chi connectivity index (χ1v) is 19.0. The molecular formula is C42H62O6. The molecule has 0 radical (unpaired) electrons. The highest BCUT2D eigenvalue weighted by atomic mass is 16.6. The molecule has 0 saturated heterocycles. The lowest BCUT2D eigenvalue weighted by Crippen LogP contribution is -2.38. The highest BCUT2D eigenvalue weighted by molar-refractivity contribution is 5.90. The maximum absolute atomic E-state index is 12.9. The molecule has 1 unspecified atom stereocenters. The summed E-state index contributed by atoms with van der Waals surface area (Å²) >= 11 is 0. The van der Waals surface area contributed by atoms with Crippen LogP contribution in [0.2, 0.25) is 0 Å². The molecule has 2 aromatic rings. The third-order valence-electron chi connectivity index (χ3n) is 11.1. The normalized spacial score (nSPS) is 22.5. The van der Waals surface area contributed by atoms with Crippen molar-refractivity contribution < 1.29 is 28.5 Å². The summed E-state index contributed by atoms with van der Waals surface area (Å²) in [7, 11) is 3.08. The van der Waals surface area contributed by atoms with Crippen LogP contribution in [0, 0.1) is 11.8 Å². The van der Waals surface area contributed by atoms with Gasteiger partial charge in [0, 0.05) is 14.2 Å². The smallest absolute Gasteiger partial charge is 0.338 e. The fraction of sp³-hybridized carbons (Fsp3) is 0.667. The molecule has 266 valence electrons. The van der Waals surface area contributed by atoms with Gasteiger partial charge in [0.2, 0.25) is 0 Å². The number of carbonyl (C=O) groups excluding carboxylic acids is 2. The molecule has 0 amide bonds. The van der Waals surface area contributed by atoms with Crippen LogP contribution in [0.15, 0.2) is 48.5 Å². The van der Waals surface area contributed by atoms with E-state index in [1.165, 1.54) is 128 Å². The molecule has 6 nitrogen and oxygen atoms in total. The monoisotopic (exact) mass is 662 g/mol. The minimum atomic E-state index is -0.585. The van der Waals surface area contributed by atoms with Crippen LogP contribution in [0.25, 0.3) is 0 Å².